The fourth-order valence-corrected chi connectivity index (χ4v) is 9.62. The highest BCUT2D eigenvalue weighted by atomic mass is 16.3. The Labute approximate surface area is 188 Å². The van der Waals surface area contributed by atoms with Crippen LogP contribution in [0.1, 0.15) is 91.9 Å². The van der Waals surface area contributed by atoms with Gasteiger partial charge in [0.05, 0.1) is 6.10 Å². The number of nitrogens with two attached hydrogens (primary N) is 4. The average Bonchev–Trinajstić information content (AvgIpc) is 2.93. The molecule has 4 saturated carbocycles. The minimum Gasteiger partial charge on any atom is -0.393 e. The minimum atomic E-state index is -0.438. The molecule has 10 atom stereocenters. The van der Waals surface area contributed by atoms with Crippen LogP contribution in [0.5, 0.6) is 0 Å². The van der Waals surface area contributed by atoms with Crippen molar-refractivity contribution in [2.75, 3.05) is 0 Å². The van der Waals surface area contributed by atoms with E-state index in [4.69, 9.17) is 22.9 Å². The summed E-state index contributed by atoms with van der Waals surface area (Å²) in [5.74, 6) is 1.22. The molecule has 5 unspecified atom stereocenters. The molecule has 0 aliphatic heterocycles. The first-order chi connectivity index (χ1) is 14.2. The molecule has 1 amide bonds. The van der Waals surface area contributed by atoms with Crippen LogP contribution in [-0.2, 0) is 4.79 Å². The summed E-state index contributed by atoms with van der Waals surface area (Å²) in [6.07, 6.45) is 8.13. The van der Waals surface area contributed by atoms with E-state index in [1.807, 2.05) is 0 Å². The molecule has 4 aliphatic carbocycles. The van der Waals surface area contributed by atoms with E-state index in [1.54, 1.807) is 0 Å². The monoisotopic (exact) mass is 434 g/mol. The minimum absolute atomic E-state index is 0.00496. The Morgan fingerprint density at radius 2 is 1.71 bits per heavy atom. The third kappa shape index (κ3) is 2.93. The maximum Gasteiger partial charge on any atom is 0.217 e. The second-order valence-electron chi connectivity index (χ2n) is 12.7. The van der Waals surface area contributed by atoms with Crippen molar-refractivity contribution >= 4 is 5.91 Å². The van der Waals surface area contributed by atoms with Gasteiger partial charge in [0.1, 0.15) is 0 Å². The number of aliphatic hydroxyl groups excluding tert-OH is 1. The molecule has 0 heterocycles. The molecular formula is C25H46N4O2. The van der Waals surface area contributed by atoms with Gasteiger partial charge in [-0.3, -0.25) is 4.79 Å². The highest BCUT2D eigenvalue weighted by Gasteiger charge is 2.74. The van der Waals surface area contributed by atoms with Gasteiger partial charge < -0.3 is 28.0 Å². The molecule has 178 valence electrons. The lowest BCUT2D eigenvalue weighted by molar-refractivity contribution is -0.182. The standard InChI is InChI=1S/C25H46N4O2/c1-15(5-6-19(26)31)18-8-10-24(28)20-16(2)13-23(27)14-17(30)7-9-22(23,4)25(20,29)12-11-21(18,24)3/h15-18,20,30H,5-14,27-29H2,1-4H3,(H2,26,31)/t15-,16?,17-,18-,20?,21?,22?,23?,24-,25-/m1/s1. The molecule has 6 nitrogen and oxygen atoms in total. The highest BCUT2D eigenvalue weighted by molar-refractivity contribution is 5.73. The van der Waals surface area contributed by atoms with Crippen LogP contribution in [0.2, 0.25) is 0 Å². The molecule has 9 N–H and O–H groups in total. The molecule has 0 bridgehead atoms. The van der Waals surface area contributed by atoms with Crippen LogP contribution < -0.4 is 22.9 Å². The van der Waals surface area contributed by atoms with E-state index in [0.29, 0.717) is 30.6 Å². The fraction of sp³-hybridized carbons (Fsp3) is 0.960. The predicted molar refractivity (Wildman–Crippen MR) is 124 cm³/mol. The molecule has 6 heteroatoms. The van der Waals surface area contributed by atoms with Crippen molar-refractivity contribution in [3.05, 3.63) is 0 Å². The van der Waals surface area contributed by atoms with E-state index in [2.05, 4.69) is 27.7 Å². The SMILES string of the molecule is CC1CC2(N)C[C@H](O)CCC2(C)[C@@]2(N)CCC3(C)[C@@H]([C@H](C)CCC(N)=O)CC[C@@]3(N)C12. The van der Waals surface area contributed by atoms with Gasteiger partial charge in [-0.05, 0) is 86.9 Å². The molecule has 0 spiro atoms. The van der Waals surface area contributed by atoms with Gasteiger partial charge in [0.25, 0.3) is 0 Å². The maximum atomic E-state index is 11.4. The third-order valence-electron chi connectivity index (χ3n) is 11.4. The van der Waals surface area contributed by atoms with Gasteiger partial charge >= 0.3 is 0 Å². The van der Waals surface area contributed by atoms with E-state index in [-0.39, 0.29) is 34.3 Å². The van der Waals surface area contributed by atoms with E-state index in [1.165, 1.54) is 0 Å². The van der Waals surface area contributed by atoms with Crippen LogP contribution in [0.4, 0.5) is 0 Å². The van der Waals surface area contributed by atoms with Gasteiger partial charge in [0.15, 0.2) is 0 Å². The summed E-state index contributed by atoms with van der Waals surface area (Å²) in [6, 6.07) is 0. The molecule has 4 rings (SSSR count). The second kappa shape index (κ2) is 7.15. The van der Waals surface area contributed by atoms with Crippen LogP contribution in [0.3, 0.4) is 0 Å². The quantitative estimate of drug-likeness (QED) is 0.462. The molecule has 0 aromatic rings. The van der Waals surface area contributed by atoms with E-state index in [0.717, 1.165) is 51.4 Å². The molecule has 0 aromatic heterocycles. The first-order valence-electron chi connectivity index (χ1n) is 12.6. The summed E-state index contributed by atoms with van der Waals surface area (Å²) in [7, 11) is 0. The molecule has 4 fully saturated rings. The lowest BCUT2D eigenvalue weighted by atomic mass is 9.35. The van der Waals surface area contributed by atoms with Gasteiger partial charge in [0, 0.05) is 28.5 Å². The van der Waals surface area contributed by atoms with Crippen molar-refractivity contribution in [1.82, 2.24) is 0 Å². The van der Waals surface area contributed by atoms with Gasteiger partial charge in [0.2, 0.25) is 5.91 Å². The van der Waals surface area contributed by atoms with Gasteiger partial charge in [-0.1, -0.05) is 27.7 Å². The number of hydrogen-bond acceptors (Lipinski definition) is 5. The van der Waals surface area contributed by atoms with Crippen molar-refractivity contribution in [3.8, 4) is 0 Å². The first-order valence-corrected chi connectivity index (χ1v) is 12.6. The zero-order chi connectivity index (χ0) is 23.0. The number of fused-ring (bicyclic) bond motifs is 5. The molecule has 0 radical (unpaired) electrons. The lowest BCUT2D eigenvalue weighted by Crippen LogP contribution is -2.83. The van der Waals surface area contributed by atoms with Crippen LogP contribution >= 0.6 is 0 Å². The first kappa shape index (κ1) is 23.5. The smallest absolute Gasteiger partial charge is 0.217 e. The summed E-state index contributed by atoms with van der Waals surface area (Å²) in [5.41, 5.74) is 26.1. The van der Waals surface area contributed by atoms with Crippen LogP contribution in [0, 0.1) is 34.5 Å². The number of amides is 1. The molecule has 0 aromatic carbocycles. The van der Waals surface area contributed by atoms with Crippen molar-refractivity contribution in [3.63, 3.8) is 0 Å². The summed E-state index contributed by atoms with van der Waals surface area (Å²) in [6.45, 7) is 9.26. The second-order valence-corrected chi connectivity index (χ2v) is 12.7. The van der Waals surface area contributed by atoms with Crippen molar-refractivity contribution in [2.24, 2.45) is 57.4 Å². The van der Waals surface area contributed by atoms with Crippen molar-refractivity contribution < 1.29 is 9.90 Å². The summed E-state index contributed by atoms with van der Waals surface area (Å²) < 4.78 is 0. The third-order valence-corrected chi connectivity index (χ3v) is 11.4. The summed E-state index contributed by atoms with van der Waals surface area (Å²) in [4.78, 5) is 11.4. The zero-order valence-electron chi connectivity index (χ0n) is 20.1. The number of primary amides is 1. The van der Waals surface area contributed by atoms with Gasteiger partial charge in [-0.2, -0.15) is 0 Å². The van der Waals surface area contributed by atoms with E-state index in [9.17, 15) is 9.90 Å². The summed E-state index contributed by atoms with van der Waals surface area (Å²) >= 11 is 0. The van der Waals surface area contributed by atoms with Gasteiger partial charge in [-0.15, -0.1) is 0 Å². The van der Waals surface area contributed by atoms with Crippen LogP contribution in [0.15, 0.2) is 0 Å². The fourth-order valence-electron chi connectivity index (χ4n) is 9.62. The largest absolute Gasteiger partial charge is 0.393 e. The predicted octanol–water partition coefficient (Wildman–Crippen LogP) is 2.40. The molecule has 4 aliphatic rings. The highest BCUT2D eigenvalue weighted by Crippen LogP contribution is 2.71. The topological polar surface area (TPSA) is 141 Å². The Morgan fingerprint density at radius 3 is 2.35 bits per heavy atom. The summed E-state index contributed by atoms with van der Waals surface area (Å²) in [5, 5.41) is 10.4. The molecule has 0 saturated heterocycles. The van der Waals surface area contributed by atoms with E-state index >= 15 is 0 Å². The van der Waals surface area contributed by atoms with Crippen LogP contribution in [0.25, 0.3) is 0 Å². The van der Waals surface area contributed by atoms with Crippen LogP contribution in [-0.4, -0.2) is 33.7 Å². The maximum absolute atomic E-state index is 11.4. The van der Waals surface area contributed by atoms with E-state index < -0.39 is 11.1 Å². The lowest BCUT2D eigenvalue weighted by Gasteiger charge is -2.73. The van der Waals surface area contributed by atoms with Gasteiger partial charge in [-0.25, -0.2) is 0 Å². The van der Waals surface area contributed by atoms with Crippen molar-refractivity contribution in [1.29, 1.82) is 0 Å². The zero-order valence-corrected chi connectivity index (χ0v) is 20.1. The number of aliphatic hydroxyl groups is 1. The Morgan fingerprint density at radius 1 is 1.03 bits per heavy atom. The average molecular weight is 435 g/mol. The Balaban J connectivity index is 1.71. The number of carbonyl (C=O) groups is 1. The Bertz CT molecular complexity index is 747. The Hall–Kier alpha value is -0.690. The Kier molecular flexibility index (Phi) is 5.41. The molecular weight excluding hydrogens is 388 g/mol. The number of carbonyl (C=O) groups excluding carboxylic acids is 1. The normalized spacial score (nSPS) is 55.1. The molecule has 31 heavy (non-hydrogen) atoms. The number of rotatable bonds is 4. The number of hydrogen-bond donors (Lipinski definition) is 5. The van der Waals surface area contributed by atoms with Crippen molar-refractivity contribution in [2.45, 2.75) is 115 Å².